The first kappa shape index (κ1) is 17.0. The molecule has 0 aromatic heterocycles. The van der Waals surface area contributed by atoms with Crippen molar-refractivity contribution in [2.45, 2.75) is 11.4 Å². The first-order valence-electron chi connectivity index (χ1n) is 6.22. The van der Waals surface area contributed by atoms with Crippen LogP contribution in [-0.2, 0) is 6.18 Å². The lowest BCUT2D eigenvalue weighted by Gasteiger charge is -2.21. The zero-order chi connectivity index (χ0) is 15.5. The molecular weight excluding hydrogens is 387 g/mol. The average Bonchev–Trinajstić information content (AvgIpc) is 2.45. The number of carbonyl (C=O) groups is 1. The highest BCUT2D eigenvalue weighted by atomic mass is 79.9. The summed E-state index contributed by atoms with van der Waals surface area (Å²) in [5, 5.41) is 3.03. The van der Waals surface area contributed by atoms with Crippen molar-refractivity contribution in [3.63, 3.8) is 0 Å². The van der Waals surface area contributed by atoms with Crippen molar-refractivity contribution in [1.82, 2.24) is 5.32 Å². The van der Waals surface area contributed by atoms with Gasteiger partial charge >= 0.3 is 6.18 Å². The van der Waals surface area contributed by atoms with E-state index in [4.69, 9.17) is 0 Å². The number of rotatable bonds is 3. The Kier molecular flexibility index (Phi) is 5.90. The van der Waals surface area contributed by atoms with E-state index in [0.29, 0.717) is 16.3 Å². The number of hydrogen-bond acceptors (Lipinski definition) is 3. The van der Waals surface area contributed by atoms with Gasteiger partial charge in [-0.2, -0.15) is 36.7 Å². The van der Waals surface area contributed by atoms with Crippen LogP contribution in [0.2, 0.25) is 0 Å². The van der Waals surface area contributed by atoms with Gasteiger partial charge in [0, 0.05) is 33.5 Å². The summed E-state index contributed by atoms with van der Waals surface area (Å²) < 4.78 is 38.4. The number of alkyl halides is 3. The molecular formula is C13H13BrF3NOS2. The molecule has 8 heteroatoms. The fourth-order valence-corrected chi connectivity index (χ4v) is 4.87. The monoisotopic (exact) mass is 399 g/mol. The molecule has 1 unspecified atom stereocenters. The summed E-state index contributed by atoms with van der Waals surface area (Å²) in [5.41, 5.74) is -0.809. The van der Waals surface area contributed by atoms with E-state index in [1.54, 1.807) is 11.8 Å². The molecule has 0 bridgehead atoms. The van der Waals surface area contributed by atoms with E-state index in [9.17, 15) is 18.0 Å². The third-order valence-corrected chi connectivity index (χ3v) is 6.45. The topological polar surface area (TPSA) is 29.1 Å². The summed E-state index contributed by atoms with van der Waals surface area (Å²) in [4.78, 5) is 12.1. The Bertz CT molecular complexity index is 519. The van der Waals surface area contributed by atoms with Crippen LogP contribution in [0.3, 0.4) is 0 Å². The highest BCUT2D eigenvalue weighted by Crippen LogP contribution is 2.32. The van der Waals surface area contributed by atoms with Gasteiger partial charge in [-0.1, -0.05) is 0 Å². The van der Waals surface area contributed by atoms with Crippen LogP contribution < -0.4 is 5.32 Å². The van der Waals surface area contributed by atoms with Crippen LogP contribution in [0.15, 0.2) is 22.7 Å². The van der Waals surface area contributed by atoms with E-state index in [2.05, 4.69) is 21.2 Å². The van der Waals surface area contributed by atoms with Crippen LogP contribution >= 0.6 is 39.5 Å². The second-order valence-electron chi connectivity index (χ2n) is 4.47. The number of benzene rings is 1. The minimum atomic E-state index is -4.45. The van der Waals surface area contributed by atoms with Gasteiger partial charge < -0.3 is 5.32 Å². The fourth-order valence-electron chi connectivity index (χ4n) is 1.83. The molecule has 2 nitrogen and oxygen atoms in total. The Balaban J connectivity index is 2.04. The summed E-state index contributed by atoms with van der Waals surface area (Å²) in [6.07, 6.45) is -4.45. The predicted octanol–water partition coefficient (Wildman–Crippen LogP) is 4.05. The van der Waals surface area contributed by atoms with Gasteiger partial charge in [0.25, 0.3) is 5.91 Å². The molecule has 1 aliphatic rings. The van der Waals surface area contributed by atoms with Crippen molar-refractivity contribution in [3.05, 3.63) is 33.8 Å². The van der Waals surface area contributed by atoms with Gasteiger partial charge in [0.1, 0.15) is 0 Å². The Hall–Kier alpha value is -0.340. The molecule has 1 aliphatic heterocycles. The normalized spacial score (nSPS) is 19.3. The number of amides is 1. The molecule has 0 spiro atoms. The molecule has 0 aliphatic carbocycles. The van der Waals surface area contributed by atoms with Gasteiger partial charge in [0.05, 0.1) is 11.1 Å². The molecule has 1 N–H and O–H groups in total. The first-order valence-corrected chi connectivity index (χ1v) is 9.22. The summed E-state index contributed by atoms with van der Waals surface area (Å²) in [7, 11) is 0. The zero-order valence-electron chi connectivity index (χ0n) is 10.9. The van der Waals surface area contributed by atoms with Crippen LogP contribution in [0.25, 0.3) is 0 Å². The molecule has 21 heavy (non-hydrogen) atoms. The SMILES string of the molecule is O=C(NCC1CSCCS1)c1cc(C(F)(F)F)ccc1Br. The Morgan fingerprint density at radius 3 is 2.76 bits per heavy atom. The van der Waals surface area contributed by atoms with Gasteiger partial charge in [0.15, 0.2) is 0 Å². The summed E-state index contributed by atoms with van der Waals surface area (Å²) in [6.45, 7) is 0.471. The molecule has 1 atom stereocenters. The Morgan fingerprint density at radius 2 is 2.14 bits per heavy atom. The van der Waals surface area contributed by atoms with Crippen molar-refractivity contribution in [3.8, 4) is 0 Å². The quantitative estimate of drug-likeness (QED) is 0.831. The second-order valence-corrected chi connectivity index (χ2v) is 7.88. The zero-order valence-corrected chi connectivity index (χ0v) is 14.1. The number of hydrogen-bond donors (Lipinski definition) is 1. The van der Waals surface area contributed by atoms with Crippen molar-refractivity contribution in [1.29, 1.82) is 0 Å². The molecule has 1 heterocycles. The van der Waals surface area contributed by atoms with Gasteiger partial charge in [-0.15, -0.1) is 0 Å². The van der Waals surface area contributed by atoms with Crippen LogP contribution in [-0.4, -0.2) is 35.0 Å². The summed E-state index contributed by atoms with van der Waals surface area (Å²) >= 11 is 6.74. The smallest absolute Gasteiger partial charge is 0.351 e. The molecule has 116 valence electrons. The summed E-state index contributed by atoms with van der Waals surface area (Å²) in [6, 6.07) is 3.08. The molecule has 1 saturated heterocycles. The summed E-state index contributed by atoms with van der Waals surface area (Å²) in [5.74, 6) is 2.62. The molecule has 1 amide bonds. The average molecular weight is 400 g/mol. The first-order chi connectivity index (χ1) is 9.88. The Morgan fingerprint density at radius 1 is 1.38 bits per heavy atom. The van der Waals surface area contributed by atoms with E-state index in [1.807, 2.05) is 11.8 Å². The minimum absolute atomic E-state index is 0.0123. The molecule has 1 fully saturated rings. The van der Waals surface area contributed by atoms with Crippen LogP contribution in [0, 0.1) is 0 Å². The lowest BCUT2D eigenvalue weighted by molar-refractivity contribution is -0.137. The van der Waals surface area contributed by atoms with E-state index >= 15 is 0 Å². The van der Waals surface area contributed by atoms with Gasteiger partial charge in [-0.05, 0) is 34.1 Å². The minimum Gasteiger partial charge on any atom is -0.351 e. The van der Waals surface area contributed by atoms with E-state index in [-0.39, 0.29) is 5.56 Å². The Labute approximate surface area is 137 Å². The maximum absolute atomic E-state index is 12.7. The fraction of sp³-hybridized carbons (Fsp3) is 0.462. The maximum Gasteiger partial charge on any atom is 0.416 e. The van der Waals surface area contributed by atoms with Gasteiger partial charge in [0.2, 0.25) is 0 Å². The second kappa shape index (κ2) is 7.28. The highest BCUT2D eigenvalue weighted by Gasteiger charge is 2.31. The third kappa shape index (κ3) is 4.82. The predicted molar refractivity (Wildman–Crippen MR) is 85.0 cm³/mol. The van der Waals surface area contributed by atoms with Crippen molar-refractivity contribution in [2.75, 3.05) is 23.8 Å². The molecule has 0 radical (unpaired) electrons. The van der Waals surface area contributed by atoms with Gasteiger partial charge in [-0.3, -0.25) is 4.79 Å². The van der Waals surface area contributed by atoms with Crippen LogP contribution in [0.1, 0.15) is 15.9 Å². The highest BCUT2D eigenvalue weighted by molar-refractivity contribution is 9.10. The molecule has 1 aromatic rings. The molecule has 1 aromatic carbocycles. The number of nitrogens with one attached hydrogen (secondary N) is 1. The van der Waals surface area contributed by atoms with Crippen LogP contribution in [0.5, 0.6) is 0 Å². The molecule has 2 rings (SSSR count). The number of thioether (sulfide) groups is 2. The van der Waals surface area contributed by atoms with E-state index < -0.39 is 17.6 Å². The number of carbonyl (C=O) groups excluding carboxylic acids is 1. The largest absolute Gasteiger partial charge is 0.416 e. The van der Waals surface area contributed by atoms with E-state index in [0.717, 1.165) is 29.4 Å². The maximum atomic E-state index is 12.7. The van der Waals surface area contributed by atoms with Gasteiger partial charge in [-0.25, -0.2) is 0 Å². The molecule has 0 saturated carbocycles. The lowest BCUT2D eigenvalue weighted by atomic mass is 10.1. The number of halogens is 4. The van der Waals surface area contributed by atoms with Crippen molar-refractivity contribution < 1.29 is 18.0 Å². The lowest BCUT2D eigenvalue weighted by Crippen LogP contribution is -2.33. The van der Waals surface area contributed by atoms with Crippen molar-refractivity contribution in [2.24, 2.45) is 0 Å². The third-order valence-electron chi connectivity index (χ3n) is 2.91. The van der Waals surface area contributed by atoms with Crippen LogP contribution in [0.4, 0.5) is 13.2 Å². The van der Waals surface area contributed by atoms with Crippen molar-refractivity contribution >= 4 is 45.4 Å². The standard InChI is InChI=1S/C13H13BrF3NOS2/c14-11-2-1-8(13(15,16)17)5-10(11)12(19)18-6-9-7-20-3-4-21-9/h1-2,5,9H,3-4,6-7H2,(H,18,19). The van der Waals surface area contributed by atoms with E-state index in [1.165, 1.54) is 6.07 Å².